The molecule has 0 aliphatic heterocycles. The van der Waals surface area contributed by atoms with Crippen LogP contribution in [0.3, 0.4) is 0 Å². The molecule has 2 N–H and O–H groups in total. The second kappa shape index (κ2) is 5.35. The summed E-state index contributed by atoms with van der Waals surface area (Å²) < 4.78 is 5.15. The molecule has 20 heavy (non-hydrogen) atoms. The standard InChI is InChI=1S/C13H12N6O/c1-20-10-4-2-3-9(5-10)6-18-19-13-11-12(15-7-14-11)16-8-17-13/h2-8H,1H3,(H2,14,15,16,17,19)/b18-6-. The van der Waals surface area contributed by atoms with Crippen LogP contribution in [-0.2, 0) is 0 Å². The van der Waals surface area contributed by atoms with Crippen molar-refractivity contribution in [3.63, 3.8) is 0 Å². The lowest BCUT2D eigenvalue weighted by atomic mass is 10.2. The Morgan fingerprint density at radius 1 is 1.30 bits per heavy atom. The number of rotatable bonds is 4. The van der Waals surface area contributed by atoms with Crippen molar-refractivity contribution in [2.75, 3.05) is 12.5 Å². The fourth-order valence-electron chi connectivity index (χ4n) is 1.74. The zero-order chi connectivity index (χ0) is 13.8. The van der Waals surface area contributed by atoms with Crippen molar-refractivity contribution in [3.8, 4) is 5.75 Å². The third-order valence-electron chi connectivity index (χ3n) is 2.70. The Bertz CT molecular complexity index is 751. The van der Waals surface area contributed by atoms with E-state index in [1.807, 2.05) is 24.3 Å². The highest BCUT2D eigenvalue weighted by Crippen LogP contribution is 2.14. The summed E-state index contributed by atoms with van der Waals surface area (Å²) in [5.41, 5.74) is 5.10. The highest BCUT2D eigenvalue weighted by molar-refractivity contribution is 5.84. The van der Waals surface area contributed by atoms with Crippen molar-refractivity contribution < 1.29 is 4.74 Å². The summed E-state index contributed by atoms with van der Waals surface area (Å²) in [6.07, 6.45) is 4.69. The predicted octanol–water partition coefficient (Wildman–Crippen LogP) is 1.81. The number of methoxy groups -OCH3 is 1. The van der Waals surface area contributed by atoms with Crippen molar-refractivity contribution in [2.24, 2.45) is 5.10 Å². The van der Waals surface area contributed by atoms with E-state index >= 15 is 0 Å². The Morgan fingerprint density at radius 3 is 3.15 bits per heavy atom. The smallest absolute Gasteiger partial charge is 0.182 e. The van der Waals surface area contributed by atoms with E-state index in [9.17, 15) is 0 Å². The topological polar surface area (TPSA) is 88.1 Å². The fourth-order valence-corrected chi connectivity index (χ4v) is 1.74. The largest absolute Gasteiger partial charge is 0.497 e. The van der Waals surface area contributed by atoms with E-state index < -0.39 is 0 Å². The number of ether oxygens (including phenoxy) is 1. The molecule has 7 heteroatoms. The van der Waals surface area contributed by atoms with Gasteiger partial charge in [-0.1, -0.05) is 12.1 Å². The second-order valence-corrected chi connectivity index (χ2v) is 3.97. The van der Waals surface area contributed by atoms with Crippen LogP contribution in [0.2, 0.25) is 0 Å². The summed E-state index contributed by atoms with van der Waals surface area (Å²) in [4.78, 5) is 15.2. The van der Waals surface area contributed by atoms with Gasteiger partial charge in [-0.05, 0) is 17.7 Å². The van der Waals surface area contributed by atoms with Crippen LogP contribution < -0.4 is 10.2 Å². The molecule has 0 saturated carbocycles. The second-order valence-electron chi connectivity index (χ2n) is 3.97. The van der Waals surface area contributed by atoms with Gasteiger partial charge in [-0.25, -0.2) is 15.0 Å². The third kappa shape index (κ3) is 2.41. The average Bonchev–Trinajstić information content (AvgIpc) is 2.97. The molecule has 0 amide bonds. The molecule has 2 aromatic heterocycles. The number of H-pyrrole nitrogens is 1. The number of fused-ring (bicyclic) bond motifs is 1. The lowest BCUT2D eigenvalue weighted by molar-refractivity contribution is 0.415. The number of hydrazone groups is 1. The highest BCUT2D eigenvalue weighted by atomic mass is 16.5. The Morgan fingerprint density at radius 2 is 2.25 bits per heavy atom. The van der Waals surface area contributed by atoms with Crippen LogP contribution in [0.15, 0.2) is 42.0 Å². The van der Waals surface area contributed by atoms with E-state index in [1.165, 1.54) is 6.33 Å². The molecular weight excluding hydrogens is 256 g/mol. The average molecular weight is 268 g/mol. The maximum Gasteiger partial charge on any atom is 0.182 e. The number of benzene rings is 1. The molecule has 0 aliphatic rings. The molecule has 0 aliphatic carbocycles. The molecule has 2 heterocycles. The number of anilines is 1. The molecule has 100 valence electrons. The SMILES string of the molecule is COc1cccc(/C=N\Nc2ncnc3nc[nH]c23)c1. The highest BCUT2D eigenvalue weighted by Gasteiger charge is 2.03. The van der Waals surface area contributed by atoms with Gasteiger partial charge in [-0.15, -0.1) is 0 Å². The Balaban J connectivity index is 1.78. The van der Waals surface area contributed by atoms with Crippen molar-refractivity contribution in [2.45, 2.75) is 0 Å². The first-order valence-electron chi connectivity index (χ1n) is 5.94. The number of nitrogens with one attached hydrogen (secondary N) is 2. The van der Waals surface area contributed by atoms with Gasteiger partial charge in [0.15, 0.2) is 11.5 Å². The molecule has 0 atom stereocenters. The van der Waals surface area contributed by atoms with E-state index in [0.717, 1.165) is 16.8 Å². The molecule has 7 nitrogen and oxygen atoms in total. The third-order valence-corrected chi connectivity index (χ3v) is 2.70. The van der Waals surface area contributed by atoms with Crippen molar-refractivity contribution in [1.29, 1.82) is 0 Å². The van der Waals surface area contributed by atoms with E-state index in [0.29, 0.717) is 11.5 Å². The van der Waals surface area contributed by atoms with Gasteiger partial charge in [0, 0.05) is 0 Å². The van der Waals surface area contributed by atoms with Gasteiger partial charge < -0.3 is 9.72 Å². The molecule has 3 rings (SSSR count). The summed E-state index contributed by atoms with van der Waals surface area (Å²) in [6, 6.07) is 7.59. The number of imidazole rings is 1. The zero-order valence-electron chi connectivity index (χ0n) is 10.7. The molecule has 0 spiro atoms. The maximum atomic E-state index is 5.15. The lowest BCUT2D eigenvalue weighted by Gasteiger charge is -2.01. The maximum absolute atomic E-state index is 5.15. The zero-order valence-corrected chi connectivity index (χ0v) is 10.7. The van der Waals surface area contributed by atoms with Gasteiger partial charge >= 0.3 is 0 Å². The number of aromatic nitrogens is 4. The quantitative estimate of drug-likeness (QED) is 0.556. The summed E-state index contributed by atoms with van der Waals surface area (Å²) in [5, 5.41) is 4.15. The number of aromatic amines is 1. The van der Waals surface area contributed by atoms with Gasteiger partial charge in [0.1, 0.15) is 17.6 Å². The summed E-state index contributed by atoms with van der Waals surface area (Å²) in [6.45, 7) is 0. The minimum Gasteiger partial charge on any atom is -0.497 e. The molecule has 0 bridgehead atoms. The molecule has 0 fully saturated rings. The summed E-state index contributed by atoms with van der Waals surface area (Å²) >= 11 is 0. The van der Waals surface area contributed by atoms with E-state index in [-0.39, 0.29) is 0 Å². The van der Waals surface area contributed by atoms with Crippen molar-refractivity contribution in [3.05, 3.63) is 42.5 Å². The molecule has 3 aromatic rings. The first-order chi connectivity index (χ1) is 9.86. The lowest BCUT2D eigenvalue weighted by Crippen LogP contribution is -1.96. The summed E-state index contributed by atoms with van der Waals surface area (Å²) in [5.74, 6) is 1.36. The van der Waals surface area contributed by atoms with Gasteiger partial charge in [-0.2, -0.15) is 5.10 Å². The van der Waals surface area contributed by atoms with E-state index in [1.54, 1.807) is 19.7 Å². The van der Waals surface area contributed by atoms with Crippen LogP contribution in [0.4, 0.5) is 5.82 Å². The predicted molar refractivity (Wildman–Crippen MR) is 75.9 cm³/mol. The number of hydrogen-bond acceptors (Lipinski definition) is 6. The molecule has 0 radical (unpaired) electrons. The van der Waals surface area contributed by atoms with Crippen LogP contribution in [0.25, 0.3) is 11.2 Å². The van der Waals surface area contributed by atoms with Crippen LogP contribution in [0.5, 0.6) is 5.75 Å². The van der Waals surface area contributed by atoms with Gasteiger partial charge in [0.2, 0.25) is 0 Å². The fraction of sp³-hybridized carbons (Fsp3) is 0.0769. The van der Waals surface area contributed by atoms with E-state index in [4.69, 9.17) is 4.74 Å². The minimum absolute atomic E-state index is 0.576. The first-order valence-corrected chi connectivity index (χ1v) is 5.94. The molecule has 0 unspecified atom stereocenters. The summed E-state index contributed by atoms with van der Waals surface area (Å²) in [7, 11) is 1.63. The molecule has 1 aromatic carbocycles. The molecule has 0 saturated heterocycles. The number of hydrogen-bond donors (Lipinski definition) is 2. The Labute approximate surface area is 114 Å². The van der Waals surface area contributed by atoms with E-state index in [2.05, 4.69) is 30.5 Å². The van der Waals surface area contributed by atoms with Crippen LogP contribution in [0.1, 0.15) is 5.56 Å². The normalized spacial score (nSPS) is 11.1. The Kier molecular flexibility index (Phi) is 3.24. The van der Waals surface area contributed by atoms with Gasteiger partial charge in [0.05, 0.1) is 19.7 Å². The van der Waals surface area contributed by atoms with Crippen molar-refractivity contribution in [1.82, 2.24) is 19.9 Å². The van der Waals surface area contributed by atoms with Crippen LogP contribution in [-0.4, -0.2) is 33.3 Å². The first kappa shape index (κ1) is 12.1. The van der Waals surface area contributed by atoms with Crippen LogP contribution in [0, 0.1) is 0 Å². The van der Waals surface area contributed by atoms with Gasteiger partial charge in [-0.3, -0.25) is 5.43 Å². The van der Waals surface area contributed by atoms with Gasteiger partial charge in [0.25, 0.3) is 0 Å². The van der Waals surface area contributed by atoms with Crippen LogP contribution >= 0.6 is 0 Å². The molecular formula is C13H12N6O. The Hall–Kier alpha value is -2.96. The minimum atomic E-state index is 0.576. The number of nitrogens with zero attached hydrogens (tertiary/aromatic N) is 4. The van der Waals surface area contributed by atoms with Crippen molar-refractivity contribution >= 4 is 23.2 Å². The monoisotopic (exact) mass is 268 g/mol.